The van der Waals surface area contributed by atoms with Crippen molar-refractivity contribution in [3.63, 3.8) is 0 Å². The normalized spacial score (nSPS) is 13.3. The van der Waals surface area contributed by atoms with Gasteiger partial charge in [0.15, 0.2) is 0 Å². The largest absolute Gasteiger partial charge is 0.464 e. The second-order valence-corrected chi connectivity index (χ2v) is 9.43. The predicted molar refractivity (Wildman–Crippen MR) is 91.5 cm³/mol. The summed E-state index contributed by atoms with van der Waals surface area (Å²) in [5.41, 5.74) is 0. The van der Waals surface area contributed by atoms with Crippen molar-refractivity contribution in [3.8, 4) is 10.6 Å². The minimum absolute atomic E-state index is 0.115. The molecule has 0 bridgehead atoms. The predicted octanol–water partition coefficient (Wildman–Crippen LogP) is 3.73. The first-order valence-corrected chi connectivity index (χ1v) is 10.0. The van der Waals surface area contributed by atoms with E-state index >= 15 is 0 Å². The number of hydrogen-bond acceptors (Lipinski definition) is 6. The van der Waals surface area contributed by atoms with Gasteiger partial charge in [-0.05, 0) is 36.4 Å². The van der Waals surface area contributed by atoms with Gasteiger partial charge in [-0.2, -0.15) is 0 Å². The summed E-state index contributed by atoms with van der Waals surface area (Å²) in [7, 11) is -3.67. The van der Waals surface area contributed by atoms with Gasteiger partial charge in [0.2, 0.25) is 10.0 Å². The zero-order chi connectivity index (χ0) is 16.4. The number of halogens is 1. The van der Waals surface area contributed by atoms with Crippen molar-refractivity contribution >= 4 is 44.3 Å². The smallest absolute Gasteiger partial charge is 0.250 e. The third kappa shape index (κ3) is 3.85. The maximum Gasteiger partial charge on any atom is 0.250 e. The van der Waals surface area contributed by atoms with Crippen LogP contribution in [0.15, 0.2) is 51.3 Å². The summed E-state index contributed by atoms with van der Waals surface area (Å²) < 4.78 is 32.4. The SMILES string of the molecule is O=S(=O)(NCC(O)c1ccc(-c2ccco2)s1)c1ccc(Cl)s1. The van der Waals surface area contributed by atoms with E-state index in [9.17, 15) is 13.5 Å². The number of rotatable bonds is 6. The number of thiophene rings is 2. The first kappa shape index (κ1) is 16.7. The number of nitrogens with one attached hydrogen (secondary N) is 1. The lowest BCUT2D eigenvalue weighted by Crippen LogP contribution is -2.27. The Morgan fingerprint density at radius 1 is 1.22 bits per heavy atom. The molecule has 9 heteroatoms. The van der Waals surface area contributed by atoms with Crippen LogP contribution in [-0.4, -0.2) is 20.1 Å². The van der Waals surface area contributed by atoms with Gasteiger partial charge in [0.1, 0.15) is 16.1 Å². The molecule has 0 spiro atoms. The van der Waals surface area contributed by atoms with E-state index < -0.39 is 16.1 Å². The first-order valence-electron chi connectivity index (χ1n) is 6.52. The number of furan rings is 1. The molecular weight excluding hydrogens is 378 g/mol. The molecule has 3 aromatic heterocycles. The summed E-state index contributed by atoms with van der Waals surface area (Å²) in [5.74, 6) is 0.710. The molecule has 1 unspecified atom stereocenters. The summed E-state index contributed by atoms with van der Waals surface area (Å²) in [6, 6.07) is 10.1. The van der Waals surface area contributed by atoms with Crippen molar-refractivity contribution in [1.82, 2.24) is 4.72 Å². The Labute approximate surface area is 146 Å². The Bertz CT molecular complexity index is 883. The molecule has 0 radical (unpaired) electrons. The third-order valence-corrected chi connectivity index (χ3v) is 7.35. The van der Waals surface area contributed by atoms with Gasteiger partial charge in [-0.3, -0.25) is 0 Å². The van der Waals surface area contributed by atoms with Crippen LogP contribution < -0.4 is 4.72 Å². The highest BCUT2D eigenvalue weighted by atomic mass is 35.5. The highest BCUT2D eigenvalue weighted by Gasteiger charge is 2.19. The van der Waals surface area contributed by atoms with E-state index in [0.717, 1.165) is 16.2 Å². The highest BCUT2D eigenvalue weighted by Crippen LogP contribution is 2.32. The average molecular weight is 390 g/mol. The van der Waals surface area contributed by atoms with Gasteiger partial charge in [0.05, 0.1) is 15.5 Å². The molecule has 3 rings (SSSR count). The van der Waals surface area contributed by atoms with Crippen LogP contribution in [0.2, 0.25) is 4.34 Å². The fraction of sp³-hybridized carbons (Fsp3) is 0.143. The van der Waals surface area contributed by atoms with E-state index in [0.29, 0.717) is 15.0 Å². The minimum atomic E-state index is -3.67. The van der Waals surface area contributed by atoms with Gasteiger partial charge in [-0.1, -0.05) is 11.6 Å². The van der Waals surface area contributed by atoms with Crippen LogP contribution in [0.3, 0.4) is 0 Å². The lowest BCUT2D eigenvalue weighted by atomic mass is 10.3. The number of hydrogen-bond donors (Lipinski definition) is 2. The standard InChI is InChI=1S/C14H12ClNO4S3/c15-13-5-6-14(22-13)23(18,19)16-8-9(17)11-3-4-12(21-11)10-2-1-7-20-10/h1-7,9,16-17H,8H2. The maximum absolute atomic E-state index is 12.1. The van der Waals surface area contributed by atoms with Crippen LogP contribution in [-0.2, 0) is 10.0 Å². The molecule has 122 valence electrons. The van der Waals surface area contributed by atoms with Crippen LogP contribution in [0.4, 0.5) is 0 Å². The van der Waals surface area contributed by atoms with Crippen molar-refractivity contribution in [2.24, 2.45) is 0 Å². The van der Waals surface area contributed by atoms with E-state index in [1.165, 1.54) is 23.5 Å². The van der Waals surface area contributed by atoms with Crippen molar-refractivity contribution in [3.05, 3.63) is 51.9 Å². The summed E-state index contributed by atoms with van der Waals surface area (Å²) in [6.45, 7) is -0.115. The van der Waals surface area contributed by atoms with Crippen molar-refractivity contribution < 1.29 is 17.9 Å². The molecule has 1 atom stereocenters. The fourth-order valence-electron chi connectivity index (χ4n) is 1.89. The topological polar surface area (TPSA) is 79.5 Å². The molecule has 0 amide bonds. The lowest BCUT2D eigenvalue weighted by molar-refractivity contribution is 0.186. The van der Waals surface area contributed by atoms with E-state index in [2.05, 4.69) is 4.72 Å². The average Bonchev–Trinajstić information content (AvgIpc) is 3.24. The van der Waals surface area contributed by atoms with Gasteiger partial charge in [0, 0.05) is 11.4 Å². The monoisotopic (exact) mass is 389 g/mol. The number of sulfonamides is 1. The van der Waals surface area contributed by atoms with Gasteiger partial charge >= 0.3 is 0 Å². The Morgan fingerprint density at radius 2 is 2.04 bits per heavy atom. The van der Waals surface area contributed by atoms with Crippen molar-refractivity contribution in [2.75, 3.05) is 6.54 Å². The van der Waals surface area contributed by atoms with E-state index in [4.69, 9.17) is 16.0 Å². The molecule has 5 nitrogen and oxygen atoms in total. The highest BCUT2D eigenvalue weighted by molar-refractivity contribution is 7.91. The lowest BCUT2D eigenvalue weighted by Gasteiger charge is -2.09. The van der Waals surface area contributed by atoms with E-state index in [1.807, 2.05) is 12.1 Å². The molecule has 0 aliphatic carbocycles. The molecule has 0 aromatic carbocycles. The molecule has 23 heavy (non-hydrogen) atoms. The Balaban J connectivity index is 1.67. The van der Waals surface area contributed by atoms with Crippen LogP contribution >= 0.6 is 34.3 Å². The van der Waals surface area contributed by atoms with Gasteiger partial charge in [0.25, 0.3) is 0 Å². The summed E-state index contributed by atoms with van der Waals surface area (Å²) in [5, 5.41) is 10.2. The Kier molecular flexibility index (Phi) is 4.90. The van der Waals surface area contributed by atoms with Gasteiger partial charge < -0.3 is 9.52 Å². The van der Waals surface area contributed by atoms with Gasteiger partial charge in [-0.25, -0.2) is 13.1 Å². The van der Waals surface area contributed by atoms with Crippen LogP contribution in [0.1, 0.15) is 11.0 Å². The minimum Gasteiger partial charge on any atom is -0.464 e. The second-order valence-electron chi connectivity index (χ2n) is 4.61. The molecule has 0 saturated carbocycles. The molecular formula is C14H12ClNO4S3. The Morgan fingerprint density at radius 3 is 2.70 bits per heavy atom. The Hall–Kier alpha value is -1.16. The molecule has 0 aliphatic heterocycles. The molecule has 3 aromatic rings. The molecule has 0 fully saturated rings. The van der Waals surface area contributed by atoms with Crippen molar-refractivity contribution in [1.29, 1.82) is 0 Å². The molecule has 2 N–H and O–H groups in total. The fourth-order valence-corrected chi connectivity index (χ4v) is 5.41. The second kappa shape index (κ2) is 6.76. The summed E-state index contributed by atoms with van der Waals surface area (Å²) in [6.07, 6.45) is 0.639. The summed E-state index contributed by atoms with van der Waals surface area (Å²) >= 11 is 8.07. The van der Waals surface area contributed by atoms with Crippen molar-refractivity contribution in [2.45, 2.75) is 10.3 Å². The van der Waals surface area contributed by atoms with Gasteiger partial charge in [-0.15, -0.1) is 22.7 Å². The molecule has 3 heterocycles. The molecule has 0 saturated heterocycles. The van der Waals surface area contributed by atoms with Crippen LogP contribution in [0.5, 0.6) is 0 Å². The quantitative estimate of drug-likeness (QED) is 0.673. The molecule has 0 aliphatic rings. The van der Waals surface area contributed by atoms with E-state index in [1.54, 1.807) is 18.4 Å². The zero-order valence-electron chi connectivity index (χ0n) is 11.6. The number of aliphatic hydroxyl groups is 1. The maximum atomic E-state index is 12.1. The summed E-state index contributed by atoms with van der Waals surface area (Å²) in [4.78, 5) is 1.53. The van der Waals surface area contributed by atoms with Crippen LogP contribution in [0, 0.1) is 0 Å². The van der Waals surface area contributed by atoms with E-state index in [-0.39, 0.29) is 10.8 Å². The van der Waals surface area contributed by atoms with Crippen LogP contribution in [0.25, 0.3) is 10.6 Å². The zero-order valence-corrected chi connectivity index (χ0v) is 14.8. The number of aliphatic hydroxyl groups excluding tert-OH is 1. The third-order valence-electron chi connectivity index (χ3n) is 3.00. The first-order chi connectivity index (χ1) is 11.0.